The van der Waals surface area contributed by atoms with Crippen molar-refractivity contribution in [2.45, 2.75) is 25.4 Å². The monoisotopic (exact) mass is 459 g/mol. The Morgan fingerprint density at radius 3 is 2.77 bits per heavy atom. The molecule has 1 unspecified atom stereocenters. The summed E-state index contributed by atoms with van der Waals surface area (Å²) in [6.07, 6.45) is 3.10. The summed E-state index contributed by atoms with van der Waals surface area (Å²) < 4.78 is 12.6. The van der Waals surface area contributed by atoms with Crippen LogP contribution in [0.15, 0.2) is 41.5 Å². The van der Waals surface area contributed by atoms with Crippen molar-refractivity contribution in [3.63, 3.8) is 0 Å². The first-order chi connectivity index (χ1) is 15.0. The lowest BCUT2D eigenvalue weighted by molar-refractivity contribution is -0.132. The van der Waals surface area contributed by atoms with E-state index in [-0.39, 0.29) is 29.4 Å². The molecule has 0 N–H and O–H groups in total. The van der Waals surface area contributed by atoms with Crippen LogP contribution in [0.25, 0.3) is 10.9 Å². The van der Waals surface area contributed by atoms with E-state index in [4.69, 9.17) is 32.7 Å². The van der Waals surface area contributed by atoms with E-state index < -0.39 is 0 Å². The van der Waals surface area contributed by atoms with Crippen LogP contribution in [-0.4, -0.2) is 40.1 Å². The summed E-state index contributed by atoms with van der Waals surface area (Å²) in [6.45, 7) is 1.57. The van der Waals surface area contributed by atoms with E-state index in [0.717, 1.165) is 24.2 Å². The number of hydrogen-bond acceptors (Lipinski definition) is 5. The number of likely N-dealkylation sites (tertiary alicyclic amines) is 1. The standard InChI is InChI=1S/C22H19Cl2N3O4/c23-14-9-15-21(16(24)10-14)25-12-26(22(15)29)11-20(28)27-5-1-2-17(27)13-3-4-18-19(8-13)31-7-6-30-18/h3-4,8-10,12,17H,1-2,5-7,11H2. The van der Waals surface area contributed by atoms with Crippen molar-refractivity contribution in [2.75, 3.05) is 19.8 Å². The molecule has 0 radical (unpaired) electrons. The maximum Gasteiger partial charge on any atom is 0.261 e. The van der Waals surface area contributed by atoms with E-state index >= 15 is 0 Å². The average Bonchev–Trinajstić information content (AvgIpc) is 3.26. The van der Waals surface area contributed by atoms with Crippen LogP contribution in [0, 0.1) is 0 Å². The molecule has 0 bridgehead atoms. The zero-order valence-corrected chi connectivity index (χ0v) is 18.0. The number of aromatic nitrogens is 2. The molecule has 1 saturated heterocycles. The molecule has 0 aliphatic carbocycles. The van der Waals surface area contributed by atoms with Gasteiger partial charge < -0.3 is 14.4 Å². The number of halogens is 2. The highest BCUT2D eigenvalue weighted by atomic mass is 35.5. The molecule has 3 aromatic rings. The Morgan fingerprint density at radius 2 is 1.94 bits per heavy atom. The lowest BCUT2D eigenvalue weighted by atomic mass is 10.0. The summed E-state index contributed by atoms with van der Waals surface area (Å²) in [5.41, 5.74) is 1.02. The fourth-order valence-corrected chi connectivity index (χ4v) is 4.77. The summed E-state index contributed by atoms with van der Waals surface area (Å²) in [5, 5.41) is 0.938. The third kappa shape index (κ3) is 3.72. The summed E-state index contributed by atoms with van der Waals surface area (Å²) in [6, 6.07) is 8.78. The molecule has 31 heavy (non-hydrogen) atoms. The molecule has 2 aliphatic heterocycles. The smallest absolute Gasteiger partial charge is 0.261 e. The van der Waals surface area contributed by atoms with E-state index in [1.165, 1.54) is 23.0 Å². The normalized spacial score (nSPS) is 17.9. The first-order valence-corrected chi connectivity index (χ1v) is 10.8. The predicted molar refractivity (Wildman–Crippen MR) is 117 cm³/mol. The van der Waals surface area contributed by atoms with E-state index in [0.29, 0.717) is 41.1 Å². The summed E-state index contributed by atoms with van der Waals surface area (Å²) in [7, 11) is 0. The van der Waals surface area contributed by atoms with Crippen LogP contribution in [-0.2, 0) is 11.3 Å². The first kappa shape index (κ1) is 20.2. The molecule has 9 heteroatoms. The van der Waals surface area contributed by atoms with Gasteiger partial charge in [0, 0.05) is 11.6 Å². The van der Waals surface area contributed by atoms with Gasteiger partial charge in [-0.2, -0.15) is 0 Å². The molecule has 1 aromatic heterocycles. The minimum Gasteiger partial charge on any atom is -0.486 e. The van der Waals surface area contributed by atoms with Crippen LogP contribution < -0.4 is 15.0 Å². The zero-order valence-electron chi connectivity index (χ0n) is 16.5. The maximum atomic E-state index is 13.1. The third-order valence-corrected chi connectivity index (χ3v) is 6.18. The SMILES string of the molecule is O=C(Cn1cnc2c(Cl)cc(Cl)cc2c1=O)N1CCCC1c1ccc2c(c1)OCCO2. The van der Waals surface area contributed by atoms with Crippen molar-refractivity contribution in [1.29, 1.82) is 0 Å². The Morgan fingerprint density at radius 1 is 1.13 bits per heavy atom. The fourth-order valence-electron chi connectivity index (χ4n) is 4.22. The topological polar surface area (TPSA) is 73.7 Å². The van der Waals surface area contributed by atoms with E-state index in [1.807, 2.05) is 23.1 Å². The molecule has 1 fully saturated rings. The summed E-state index contributed by atoms with van der Waals surface area (Å²) in [5.74, 6) is 1.28. The minimum atomic E-state index is -0.349. The van der Waals surface area contributed by atoms with Gasteiger partial charge >= 0.3 is 0 Å². The molecular formula is C22H19Cl2N3O4. The van der Waals surface area contributed by atoms with Crippen molar-refractivity contribution in [3.8, 4) is 11.5 Å². The summed E-state index contributed by atoms with van der Waals surface area (Å²) >= 11 is 12.2. The number of rotatable bonds is 3. The summed E-state index contributed by atoms with van der Waals surface area (Å²) in [4.78, 5) is 32.1. The van der Waals surface area contributed by atoms with E-state index in [9.17, 15) is 9.59 Å². The second-order valence-electron chi connectivity index (χ2n) is 7.61. The average molecular weight is 460 g/mol. The highest BCUT2D eigenvalue weighted by Crippen LogP contribution is 2.38. The van der Waals surface area contributed by atoms with Crippen molar-refractivity contribution in [3.05, 3.63) is 62.6 Å². The van der Waals surface area contributed by atoms with Crippen LogP contribution in [0.1, 0.15) is 24.4 Å². The molecule has 3 heterocycles. The Labute approximate surface area is 188 Å². The molecule has 7 nitrogen and oxygen atoms in total. The van der Waals surface area contributed by atoms with Gasteiger partial charge in [0.25, 0.3) is 5.56 Å². The quantitative estimate of drug-likeness (QED) is 0.594. The Bertz CT molecular complexity index is 1240. The molecule has 0 saturated carbocycles. The number of amides is 1. The first-order valence-electron chi connectivity index (χ1n) is 10.0. The van der Waals surface area contributed by atoms with Gasteiger partial charge in [0.2, 0.25) is 5.91 Å². The molecule has 5 rings (SSSR count). The number of fused-ring (bicyclic) bond motifs is 2. The van der Waals surface area contributed by atoms with E-state index in [1.54, 1.807) is 0 Å². The highest BCUT2D eigenvalue weighted by Gasteiger charge is 2.31. The Balaban J connectivity index is 1.41. The number of carbonyl (C=O) groups excluding carboxylic acids is 1. The van der Waals surface area contributed by atoms with Gasteiger partial charge in [0.05, 0.1) is 28.3 Å². The molecular weight excluding hydrogens is 441 g/mol. The molecule has 1 amide bonds. The van der Waals surface area contributed by atoms with Gasteiger partial charge in [-0.25, -0.2) is 4.98 Å². The number of hydrogen-bond donors (Lipinski definition) is 0. The largest absolute Gasteiger partial charge is 0.486 e. The molecule has 0 spiro atoms. The predicted octanol–water partition coefficient (Wildman–Crippen LogP) is 3.84. The van der Waals surface area contributed by atoms with Crippen molar-refractivity contribution < 1.29 is 14.3 Å². The zero-order chi connectivity index (χ0) is 21.5. The Hall–Kier alpha value is -2.77. The highest BCUT2D eigenvalue weighted by molar-refractivity contribution is 6.38. The molecule has 160 valence electrons. The Kier molecular flexibility index (Phi) is 5.24. The van der Waals surface area contributed by atoms with Crippen LogP contribution >= 0.6 is 23.2 Å². The lowest BCUT2D eigenvalue weighted by Crippen LogP contribution is -2.36. The van der Waals surface area contributed by atoms with Gasteiger partial charge in [0.15, 0.2) is 11.5 Å². The number of carbonyl (C=O) groups is 1. The van der Waals surface area contributed by atoms with Crippen LogP contribution in [0.3, 0.4) is 0 Å². The third-order valence-electron chi connectivity index (χ3n) is 5.68. The van der Waals surface area contributed by atoms with Gasteiger partial charge in [-0.15, -0.1) is 0 Å². The molecule has 2 aromatic carbocycles. The number of ether oxygens (including phenoxy) is 2. The number of benzene rings is 2. The minimum absolute atomic E-state index is 0.0728. The fraction of sp³-hybridized carbons (Fsp3) is 0.318. The van der Waals surface area contributed by atoms with Crippen LogP contribution in [0.2, 0.25) is 10.0 Å². The maximum absolute atomic E-state index is 13.1. The van der Waals surface area contributed by atoms with Gasteiger partial charge in [-0.3, -0.25) is 14.2 Å². The second-order valence-corrected chi connectivity index (χ2v) is 8.45. The van der Waals surface area contributed by atoms with Crippen LogP contribution in [0.4, 0.5) is 0 Å². The molecule has 2 aliphatic rings. The van der Waals surface area contributed by atoms with Crippen molar-refractivity contribution in [2.24, 2.45) is 0 Å². The second kappa shape index (κ2) is 8.05. The van der Waals surface area contributed by atoms with Gasteiger partial charge in [-0.1, -0.05) is 29.3 Å². The van der Waals surface area contributed by atoms with Gasteiger partial charge in [0.1, 0.15) is 19.8 Å². The van der Waals surface area contributed by atoms with Crippen LogP contribution in [0.5, 0.6) is 11.5 Å². The molecule has 1 atom stereocenters. The van der Waals surface area contributed by atoms with Gasteiger partial charge in [-0.05, 0) is 42.7 Å². The lowest BCUT2D eigenvalue weighted by Gasteiger charge is -2.27. The van der Waals surface area contributed by atoms with Crippen molar-refractivity contribution >= 4 is 40.0 Å². The van der Waals surface area contributed by atoms with Crippen molar-refractivity contribution in [1.82, 2.24) is 14.5 Å². The number of nitrogens with zero attached hydrogens (tertiary/aromatic N) is 3. The van der Waals surface area contributed by atoms with E-state index in [2.05, 4.69) is 4.98 Å².